The van der Waals surface area contributed by atoms with Gasteiger partial charge < -0.3 is 9.46 Å². The normalized spacial score (nSPS) is 18.7. The van der Waals surface area contributed by atoms with Crippen LogP contribution in [-0.2, 0) is 4.74 Å². The quantitative estimate of drug-likeness (QED) is 0.408. The maximum absolute atomic E-state index is 5.01. The molecule has 0 aromatic heterocycles. The van der Waals surface area contributed by atoms with Crippen molar-refractivity contribution >= 4 is 11.9 Å². The molecule has 50 valence electrons. The van der Waals surface area contributed by atoms with Crippen LogP contribution in [-0.4, -0.2) is 12.4 Å². The minimum Gasteiger partial charge on any atom is -0.496 e. The number of hydrogen-bond acceptors (Lipinski definition) is 3. The molecule has 1 N–H and O–H groups in total. The van der Waals surface area contributed by atoms with Crippen molar-refractivity contribution in [3.05, 3.63) is 24.6 Å². The molecule has 1 heterocycles. The monoisotopic (exact) mass is 143 g/mol. The third-order valence-electron chi connectivity index (χ3n) is 0.854. The molecule has 3 heteroatoms. The van der Waals surface area contributed by atoms with Crippen LogP contribution in [0.2, 0.25) is 0 Å². The molecule has 9 heavy (non-hydrogen) atoms. The predicted molar refractivity (Wildman–Crippen MR) is 39.8 cm³/mol. The highest BCUT2D eigenvalue weighted by Gasteiger charge is 1.81. The second kappa shape index (κ2) is 4.32. The van der Waals surface area contributed by atoms with Crippen LogP contribution < -0.4 is 4.72 Å². The number of ether oxygens (including phenoxy) is 1. The van der Waals surface area contributed by atoms with Gasteiger partial charge in [0.15, 0.2) is 0 Å². The zero-order valence-corrected chi connectivity index (χ0v) is 5.86. The van der Waals surface area contributed by atoms with Gasteiger partial charge in [-0.2, -0.15) is 0 Å². The lowest BCUT2D eigenvalue weighted by molar-refractivity contribution is 0.288. The Morgan fingerprint density at radius 1 is 1.44 bits per heavy atom. The van der Waals surface area contributed by atoms with Crippen molar-refractivity contribution < 1.29 is 4.74 Å². The second-order valence-corrected chi connectivity index (χ2v) is 2.39. The maximum Gasteiger partial charge on any atom is 0.106 e. The van der Waals surface area contributed by atoms with E-state index in [9.17, 15) is 0 Å². The van der Waals surface area contributed by atoms with E-state index >= 15 is 0 Å². The van der Waals surface area contributed by atoms with Crippen LogP contribution in [0.15, 0.2) is 24.6 Å². The lowest BCUT2D eigenvalue weighted by atomic mass is 10.5. The van der Waals surface area contributed by atoms with E-state index in [1.807, 2.05) is 6.08 Å². The molecule has 0 unspecified atom stereocenters. The highest BCUT2D eigenvalue weighted by Crippen LogP contribution is 1.95. The van der Waals surface area contributed by atoms with Crippen molar-refractivity contribution in [1.29, 1.82) is 0 Å². The van der Waals surface area contributed by atoms with Gasteiger partial charge in [0, 0.05) is 12.0 Å². The molecule has 0 radical (unpaired) electrons. The molecule has 1 aliphatic heterocycles. The van der Waals surface area contributed by atoms with E-state index in [-0.39, 0.29) is 0 Å². The summed E-state index contributed by atoms with van der Waals surface area (Å²) in [5.41, 5.74) is 0. The molecule has 0 bridgehead atoms. The van der Waals surface area contributed by atoms with Gasteiger partial charge in [0.2, 0.25) is 0 Å². The molecule has 0 fully saturated rings. The highest BCUT2D eigenvalue weighted by molar-refractivity contribution is 7.97. The van der Waals surface area contributed by atoms with Crippen molar-refractivity contribution in [2.45, 2.75) is 0 Å². The first-order valence-corrected chi connectivity index (χ1v) is 3.77. The predicted octanol–water partition coefficient (Wildman–Crippen LogP) is 1.28. The van der Waals surface area contributed by atoms with Crippen molar-refractivity contribution in [1.82, 2.24) is 4.72 Å². The first-order valence-electron chi connectivity index (χ1n) is 2.79. The first-order chi connectivity index (χ1) is 4.50. The maximum atomic E-state index is 5.01. The van der Waals surface area contributed by atoms with Gasteiger partial charge in [-0.05, 0) is 11.9 Å². The van der Waals surface area contributed by atoms with Crippen molar-refractivity contribution in [3.63, 3.8) is 0 Å². The Kier molecular flexibility index (Phi) is 3.15. The van der Waals surface area contributed by atoms with E-state index in [2.05, 4.69) is 10.8 Å². The second-order valence-electron chi connectivity index (χ2n) is 1.54. The molecule has 1 aliphatic rings. The number of nitrogens with one attached hydrogen (secondary N) is 1. The zero-order valence-electron chi connectivity index (χ0n) is 5.04. The van der Waals surface area contributed by atoms with Crippen LogP contribution in [0.25, 0.3) is 0 Å². The molecule has 0 saturated carbocycles. The summed E-state index contributed by atoms with van der Waals surface area (Å²) in [6, 6.07) is 0. The standard InChI is InChI=1S/C6H9NOS/c1-2-6-9-7-3-5-8-4-1/h1-3,5,7H,4,6H2. The summed E-state index contributed by atoms with van der Waals surface area (Å²) in [6.07, 6.45) is 7.52. The van der Waals surface area contributed by atoms with Gasteiger partial charge >= 0.3 is 0 Å². The Hall–Kier alpha value is -0.570. The summed E-state index contributed by atoms with van der Waals surface area (Å²) in [5.74, 6) is 0.994. The van der Waals surface area contributed by atoms with Crippen LogP contribution in [0.4, 0.5) is 0 Å². The Labute approximate surface area is 59.1 Å². The fraction of sp³-hybridized carbons (Fsp3) is 0.333. The number of hydrogen-bond donors (Lipinski definition) is 1. The molecule has 0 spiro atoms. The third kappa shape index (κ3) is 3.08. The number of rotatable bonds is 0. The van der Waals surface area contributed by atoms with Crippen molar-refractivity contribution in [2.24, 2.45) is 0 Å². The largest absolute Gasteiger partial charge is 0.496 e. The van der Waals surface area contributed by atoms with Crippen molar-refractivity contribution in [2.75, 3.05) is 12.4 Å². The van der Waals surface area contributed by atoms with E-state index < -0.39 is 0 Å². The fourth-order valence-electron chi connectivity index (χ4n) is 0.467. The summed E-state index contributed by atoms with van der Waals surface area (Å²) in [5, 5.41) is 0. The average molecular weight is 143 g/mol. The molecule has 0 aromatic rings. The Morgan fingerprint density at radius 2 is 2.44 bits per heavy atom. The van der Waals surface area contributed by atoms with E-state index in [0.29, 0.717) is 6.61 Å². The topological polar surface area (TPSA) is 21.3 Å². The minimum atomic E-state index is 0.679. The average Bonchev–Trinajstić information content (AvgIpc) is 2.00. The Bertz CT molecular complexity index is 108. The van der Waals surface area contributed by atoms with Gasteiger partial charge in [0.05, 0.1) is 6.26 Å². The molecule has 2 nitrogen and oxygen atoms in total. The minimum absolute atomic E-state index is 0.679. The summed E-state index contributed by atoms with van der Waals surface area (Å²) in [7, 11) is 0. The molecule has 0 amide bonds. The third-order valence-corrected chi connectivity index (χ3v) is 1.52. The summed E-state index contributed by atoms with van der Waals surface area (Å²) < 4.78 is 8.00. The molecular formula is C6H9NOS. The highest BCUT2D eigenvalue weighted by atomic mass is 32.2. The van der Waals surface area contributed by atoms with E-state index in [1.54, 1.807) is 24.4 Å². The van der Waals surface area contributed by atoms with Crippen LogP contribution in [0, 0.1) is 0 Å². The van der Waals surface area contributed by atoms with E-state index in [1.165, 1.54) is 0 Å². The Morgan fingerprint density at radius 3 is 3.44 bits per heavy atom. The van der Waals surface area contributed by atoms with Gasteiger partial charge in [-0.1, -0.05) is 12.2 Å². The molecule has 0 aliphatic carbocycles. The van der Waals surface area contributed by atoms with Crippen LogP contribution >= 0.6 is 11.9 Å². The molecule has 0 saturated heterocycles. The lowest BCUT2D eigenvalue weighted by Gasteiger charge is -1.91. The summed E-state index contributed by atoms with van der Waals surface area (Å²) in [6.45, 7) is 0.679. The fourth-order valence-corrected chi connectivity index (χ4v) is 0.948. The summed E-state index contributed by atoms with van der Waals surface area (Å²) in [4.78, 5) is 0. The smallest absolute Gasteiger partial charge is 0.106 e. The SMILES string of the molecule is C1=CCSNC=COC1. The van der Waals surface area contributed by atoms with Crippen LogP contribution in [0.5, 0.6) is 0 Å². The first kappa shape index (κ1) is 6.55. The molecular weight excluding hydrogens is 134 g/mol. The van der Waals surface area contributed by atoms with Gasteiger partial charge in [-0.3, -0.25) is 0 Å². The van der Waals surface area contributed by atoms with E-state index in [4.69, 9.17) is 4.74 Å². The van der Waals surface area contributed by atoms with Gasteiger partial charge in [0.1, 0.15) is 6.61 Å². The molecule has 1 rings (SSSR count). The van der Waals surface area contributed by atoms with Gasteiger partial charge in [-0.25, -0.2) is 0 Å². The molecule has 0 atom stereocenters. The summed E-state index contributed by atoms with van der Waals surface area (Å²) >= 11 is 1.64. The Balaban J connectivity index is 2.28. The van der Waals surface area contributed by atoms with Crippen LogP contribution in [0.3, 0.4) is 0 Å². The van der Waals surface area contributed by atoms with E-state index in [0.717, 1.165) is 5.75 Å². The molecule has 0 aromatic carbocycles. The lowest BCUT2D eigenvalue weighted by Crippen LogP contribution is -1.90. The van der Waals surface area contributed by atoms with Gasteiger partial charge in [0.25, 0.3) is 0 Å². The van der Waals surface area contributed by atoms with Crippen LogP contribution in [0.1, 0.15) is 0 Å². The van der Waals surface area contributed by atoms with Crippen molar-refractivity contribution in [3.8, 4) is 0 Å². The zero-order chi connectivity index (χ0) is 6.36. The van der Waals surface area contributed by atoms with Gasteiger partial charge in [-0.15, -0.1) is 0 Å².